The molecule has 1 fully saturated rings. The molecule has 1 aromatic rings. The third-order valence-corrected chi connectivity index (χ3v) is 8.02. The monoisotopic (exact) mass is 496 g/mol. The maximum absolute atomic E-state index is 13.9. The minimum atomic E-state index is -1.85. The highest BCUT2D eigenvalue weighted by atomic mass is 35.5. The summed E-state index contributed by atoms with van der Waals surface area (Å²) in [5.74, 6) is -2.13. The normalized spacial score (nSPS) is 29.9. The molecule has 0 amide bonds. The lowest BCUT2D eigenvalue weighted by Crippen LogP contribution is -2.72. The molecule has 0 unspecified atom stereocenters. The van der Waals surface area contributed by atoms with Crippen LogP contribution in [0, 0.1) is 0 Å². The standard InChI is InChI=1S/C25H30Cl2O6/c1-13(2)17(29)7-6-14(3)8-9-25-21(31)16-10-15(28)11-18(30)20(16)22(32)24(25,27)12-19(26)23(4,5)33-25/h8,10-11,17,19,28-30H,1,6-7,9,12H2,2-5H3/t17-,19-,24+,25+/m1/s1. The van der Waals surface area contributed by atoms with Crippen molar-refractivity contribution < 1.29 is 29.6 Å². The van der Waals surface area contributed by atoms with Gasteiger partial charge in [-0.05, 0) is 53.0 Å². The second kappa shape index (κ2) is 8.73. The molecule has 0 radical (unpaired) electrons. The Bertz CT molecular complexity index is 1050. The van der Waals surface area contributed by atoms with E-state index in [9.17, 15) is 24.9 Å². The molecule has 33 heavy (non-hydrogen) atoms. The summed E-state index contributed by atoms with van der Waals surface area (Å²) in [6, 6.07) is 2.15. The molecular formula is C25H30Cl2O6. The number of hydrogen-bond acceptors (Lipinski definition) is 6. The van der Waals surface area contributed by atoms with Crippen LogP contribution in [0.4, 0.5) is 0 Å². The number of halogens is 2. The predicted molar refractivity (Wildman–Crippen MR) is 128 cm³/mol. The van der Waals surface area contributed by atoms with Crippen molar-refractivity contribution in [3.05, 3.63) is 47.1 Å². The van der Waals surface area contributed by atoms with Gasteiger partial charge in [0, 0.05) is 18.1 Å². The van der Waals surface area contributed by atoms with Gasteiger partial charge in [0.1, 0.15) is 16.4 Å². The number of benzene rings is 1. The minimum absolute atomic E-state index is 0.0149. The highest BCUT2D eigenvalue weighted by molar-refractivity contribution is 6.45. The summed E-state index contributed by atoms with van der Waals surface area (Å²) in [5, 5.41) is 29.7. The van der Waals surface area contributed by atoms with Crippen LogP contribution in [0.2, 0.25) is 0 Å². The second-order valence-electron chi connectivity index (χ2n) is 9.71. The van der Waals surface area contributed by atoms with E-state index in [-0.39, 0.29) is 29.7 Å². The fraction of sp³-hybridized carbons (Fsp3) is 0.520. The largest absolute Gasteiger partial charge is 0.508 e. The molecule has 4 atom stereocenters. The van der Waals surface area contributed by atoms with Crippen LogP contribution in [0.3, 0.4) is 0 Å². The molecule has 3 rings (SSSR count). The second-order valence-corrected chi connectivity index (χ2v) is 10.9. The quantitative estimate of drug-likeness (QED) is 0.375. The Hall–Kier alpha value is -1.86. The highest BCUT2D eigenvalue weighted by Gasteiger charge is 2.70. The lowest BCUT2D eigenvalue weighted by atomic mass is 9.63. The highest BCUT2D eigenvalue weighted by Crippen LogP contribution is 2.56. The first kappa shape index (κ1) is 25.8. The van der Waals surface area contributed by atoms with Gasteiger partial charge in [0.15, 0.2) is 17.2 Å². The number of hydrogen-bond donors (Lipinski definition) is 3. The van der Waals surface area contributed by atoms with Gasteiger partial charge in [-0.25, -0.2) is 0 Å². The van der Waals surface area contributed by atoms with Crippen molar-refractivity contribution in [3.8, 4) is 11.5 Å². The van der Waals surface area contributed by atoms with Crippen LogP contribution in [-0.2, 0) is 4.74 Å². The first-order chi connectivity index (χ1) is 15.2. The van der Waals surface area contributed by atoms with Gasteiger partial charge in [0.25, 0.3) is 0 Å². The maximum Gasteiger partial charge on any atom is 0.198 e. The number of aliphatic hydroxyl groups is 1. The third kappa shape index (κ3) is 4.23. The zero-order valence-electron chi connectivity index (χ0n) is 19.2. The number of alkyl halides is 2. The van der Waals surface area contributed by atoms with Gasteiger partial charge in [-0.15, -0.1) is 23.2 Å². The Morgan fingerprint density at radius 3 is 2.52 bits per heavy atom. The van der Waals surface area contributed by atoms with Crippen LogP contribution in [-0.4, -0.2) is 54.4 Å². The Morgan fingerprint density at radius 1 is 1.27 bits per heavy atom. The third-order valence-electron chi connectivity index (χ3n) is 6.71. The molecule has 2 aliphatic rings. The van der Waals surface area contributed by atoms with Crippen LogP contribution in [0.25, 0.3) is 0 Å². The number of carbonyl (C=O) groups excluding carboxylic acids is 2. The number of ketones is 2. The van der Waals surface area contributed by atoms with Gasteiger partial charge < -0.3 is 20.1 Å². The molecule has 1 heterocycles. The molecule has 1 aromatic carbocycles. The summed E-state index contributed by atoms with van der Waals surface area (Å²) in [6.45, 7) is 10.8. The van der Waals surface area contributed by atoms with Gasteiger partial charge in [0.05, 0.1) is 22.6 Å². The molecule has 1 aliphatic heterocycles. The summed E-state index contributed by atoms with van der Waals surface area (Å²) in [5.41, 5.74) is -1.60. The zero-order valence-corrected chi connectivity index (χ0v) is 20.8. The molecule has 1 saturated heterocycles. The van der Waals surface area contributed by atoms with Gasteiger partial charge in [0.2, 0.25) is 0 Å². The van der Waals surface area contributed by atoms with E-state index in [1.54, 1.807) is 26.8 Å². The molecule has 1 aliphatic carbocycles. The number of phenols is 2. The number of rotatable bonds is 6. The Morgan fingerprint density at radius 2 is 1.91 bits per heavy atom. The van der Waals surface area contributed by atoms with Crippen molar-refractivity contribution >= 4 is 34.8 Å². The van der Waals surface area contributed by atoms with E-state index in [4.69, 9.17) is 27.9 Å². The van der Waals surface area contributed by atoms with E-state index in [0.717, 1.165) is 17.7 Å². The number of phenolic OH excluding ortho intramolecular Hbond substituents is 2. The zero-order chi connectivity index (χ0) is 24.9. The SMILES string of the molecule is C=C(C)[C@H](O)CCC(C)=CC[C@@]12OC(C)(C)[C@H](Cl)C[C@]1(Cl)C(=O)c1c(O)cc(O)cc1C2=O. The molecule has 6 nitrogen and oxygen atoms in total. The fourth-order valence-electron chi connectivity index (χ4n) is 4.53. The van der Waals surface area contributed by atoms with E-state index < -0.39 is 44.9 Å². The summed E-state index contributed by atoms with van der Waals surface area (Å²) in [6.07, 6.45) is 2.08. The van der Waals surface area contributed by atoms with Crippen LogP contribution in [0.1, 0.15) is 74.1 Å². The predicted octanol–water partition coefficient (Wildman–Crippen LogP) is 5.05. The molecule has 0 bridgehead atoms. The lowest BCUT2D eigenvalue weighted by molar-refractivity contribution is -0.157. The number of allylic oxidation sites excluding steroid dienone is 1. The van der Waals surface area contributed by atoms with Gasteiger partial charge in [-0.2, -0.15) is 0 Å². The van der Waals surface area contributed by atoms with E-state index in [2.05, 4.69) is 6.58 Å². The number of aromatic hydroxyl groups is 2. The molecular weight excluding hydrogens is 467 g/mol. The Kier molecular flexibility index (Phi) is 6.82. The topological polar surface area (TPSA) is 104 Å². The van der Waals surface area contributed by atoms with Gasteiger partial charge >= 0.3 is 0 Å². The average molecular weight is 497 g/mol. The number of fused-ring (bicyclic) bond motifs is 2. The van der Waals surface area contributed by atoms with Crippen LogP contribution >= 0.6 is 23.2 Å². The molecule has 3 N–H and O–H groups in total. The lowest BCUT2D eigenvalue weighted by Gasteiger charge is -2.56. The van der Waals surface area contributed by atoms with Crippen molar-refractivity contribution in [2.75, 3.05) is 0 Å². The molecule has 8 heteroatoms. The molecule has 0 aromatic heterocycles. The van der Waals surface area contributed by atoms with Gasteiger partial charge in [-0.3, -0.25) is 9.59 Å². The number of aliphatic hydroxyl groups excluding tert-OH is 1. The number of carbonyl (C=O) groups is 2. The first-order valence-corrected chi connectivity index (χ1v) is 11.7. The van der Waals surface area contributed by atoms with Gasteiger partial charge in [-0.1, -0.05) is 23.8 Å². The average Bonchev–Trinajstić information content (AvgIpc) is 2.71. The summed E-state index contributed by atoms with van der Waals surface area (Å²) < 4.78 is 6.31. The van der Waals surface area contributed by atoms with E-state index >= 15 is 0 Å². The molecule has 0 spiro atoms. The number of Topliss-reactive ketones (excluding diaryl/α,β-unsaturated/α-hetero) is 2. The number of ether oxygens (including phenoxy) is 1. The van der Waals surface area contributed by atoms with E-state index in [0.29, 0.717) is 18.4 Å². The van der Waals surface area contributed by atoms with Crippen molar-refractivity contribution in [1.29, 1.82) is 0 Å². The fourth-order valence-corrected chi connectivity index (χ4v) is 5.33. The summed E-state index contributed by atoms with van der Waals surface area (Å²) >= 11 is 13.5. The summed E-state index contributed by atoms with van der Waals surface area (Å²) in [4.78, 5) is 25.7. The summed E-state index contributed by atoms with van der Waals surface area (Å²) in [7, 11) is 0. The smallest absolute Gasteiger partial charge is 0.198 e. The maximum atomic E-state index is 13.9. The van der Waals surface area contributed by atoms with Crippen molar-refractivity contribution in [3.63, 3.8) is 0 Å². The van der Waals surface area contributed by atoms with Crippen LogP contribution in [0.5, 0.6) is 11.5 Å². The van der Waals surface area contributed by atoms with Crippen LogP contribution < -0.4 is 0 Å². The Balaban J connectivity index is 2.11. The Labute approximate surface area is 203 Å². The van der Waals surface area contributed by atoms with E-state index in [1.807, 2.05) is 6.92 Å². The molecule has 180 valence electrons. The van der Waals surface area contributed by atoms with Crippen molar-refractivity contribution in [2.45, 2.75) is 80.9 Å². The van der Waals surface area contributed by atoms with Crippen molar-refractivity contribution in [2.24, 2.45) is 0 Å². The van der Waals surface area contributed by atoms with Crippen molar-refractivity contribution in [1.82, 2.24) is 0 Å². The van der Waals surface area contributed by atoms with E-state index in [1.165, 1.54) is 0 Å². The molecule has 0 saturated carbocycles. The first-order valence-electron chi connectivity index (χ1n) is 10.8. The minimum Gasteiger partial charge on any atom is -0.508 e. The van der Waals surface area contributed by atoms with Crippen LogP contribution in [0.15, 0.2) is 35.9 Å².